The number of para-hydroxylation sites is 1. The monoisotopic (exact) mass is 480 g/mol. The SMILES string of the molecule is C=C(C)CN=C(NCCc1ccco1)NC1CCN(c2ccccc2)C1.I. The Morgan fingerprint density at radius 3 is 2.78 bits per heavy atom. The van der Waals surface area contributed by atoms with E-state index >= 15 is 0 Å². The summed E-state index contributed by atoms with van der Waals surface area (Å²) in [7, 11) is 0. The molecule has 1 aromatic carbocycles. The lowest BCUT2D eigenvalue weighted by Crippen LogP contribution is -2.45. The minimum Gasteiger partial charge on any atom is -0.469 e. The highest BCUT2D eigenvalue weighted by Crippen LogP contribution is 2.19. The number of rotatable bonds is 7. The predicted octanol–water partition coefficient (Wildman–Crippen LogP) is 3.83. The van der Waals surface area contributed by atoms with Crippen LogP contribution in [-0.2, 0) is 6.42 Å². The van der Waals surface area contributed by atoms with E-state index in [1.807, 2.05) is 19.1 Å². The van der Waals surface area contributed by atoms with Crippen LogP contribution in [0.2, 0.25) is 0 Å². The van der Waals surface area contributed by atoms with Gasteiger partial charge in [0.25, 0.3) is 0 Å². The molecule has 1 aliphatic rings. The Morgan fingerprint density at radius 2 is 2.07 bits per heavy atom. The fourth-order valence-corrected chi connectivity index (χ4v) is 3.07. The molecular formula is C21H29IN4O. The Labute approximate surface area is 179 Å². The topological polar surface area (TPSA) is 52.8 Å². The van der Waals surface area contributed by atoms with Crippen LogP contribution in [-0.4, -0.2) is 38.2 Å². The summed E-state index contributed by atoms with van der Waals surface area (Å²) < 4.78 is 5.39. The van der Waals surface area contributed by atoms with Crippen molar-refractivity contribution in [3.8, 4) is 0 Å². The Bertz CT molecular complexity index is 715. The minimum absolute atomic E-state index is 0. The molecule has 0 spiro atoms. The highest BCUT2D eigenvalue weighted by molar-refractivity contribution is 14.0. The first-order chi connectivity index (χ1) is 12.7. The average Bonchev–Trinajstić information content (AvgIpc) is 3.32. The maximum absolute atomic E-state index is 5.39. The molecule has 3 rings (SSSR count). The first-order valence-electron chi connectivity index (χ1n) is 9.22. The van der Waals surface area contributed by atoms with Crippen molar-refractivity contribution in [3.05, 3.63) is 66.6 Å². The van der Waals surface area contributed by atoms with Crippen LogP contribution in [0.4, 0.5) is 5.69 Å². The number of aliphatic imine (C=N–C) groups is 1. The minimum atomic E-state index is 0. The molecule has 0 radical (unpaired) electrons. The largest absolute Gasteiger partial charge is 0.469 e. The van der Waals surface area contributed by atoms with Gasteiger partial charge in [-0.25, -0.2) is 4.99 Å². The maximum atomic E-state index is 5.39. The van der Waals surface area contributed by atoms with E-state index in [0.29, 0.717) is 12.6 Å². The van der Waals surface area contributed by atoms with Crippen molar-refractivity contribution in [1.29, 1.82) is 0 Å². The van der Waals surface area contributed by atoms with E-state index in [1.54, 1.807) is 6.26 Å². The molecule has 6 heteroatoms. The highest BCUT2D eigenvalue weighted by atomic mass is 127. The summed E-state index contributed by atoms with van der Waals surface area (Å²) >= 11 is 0. The normalized spacial score (nSPS) is 16.7. The summed E-state index contributed by atoms with van der Waals surface area (Å²) in [5.74, 6) is 1.83. The molecule has 27 heavy (non-hydrogen) atoms. The lowest BCUT2D eigenvalue weighted by atomic mass is 10.2. The van der Waals surface area contributed by atoms with E-state index < -0.39 is 0 Å². The third-order valence-corrected chi connectivity index (χ3v) is 4.40. The molecule has 0 bridgehead atoms. The van der Waals surface area contributed by atoms with Gasteiger partial charge in [0.15, 0.2) is 5.96 Å². The quantitative estimate of drug-likeness (QED) is 0.274. The Balaban J connectivity index is 0.00000261. The summed E-state index contributed by atoms with van der Waals surface area (Å²) in [6.07, 6.45) is 3.64. The van der Waals surface area contributed by atoms with Crippen molar-refractivity contribution in [2.75, 3.05) is 31.1 Å². The van der Waals surface area contributed by atoms with Gasteiger partial charge < -0.3 is 20.0 Å². The van der Waals surface area contributed by atoms with E-state index in [9.17, 15) is 0 Å². The second-order valence-electron chi connectivity index (χ2n) is 6.79. The van der Waals surface area contributed by atoms with Crippen LogP contribution in [0, 0.1) is 0 Å². The molecule has 1 aliphatic heterocycles. The molecule has 146 valence electrons. The molecule has 0 amide bonds. The van der Waals surface area contributed by atoms with Gasteiger partial charge in [0.05, 0.1) is 12.8 Å². The Hall–Kier alpha value is -1.96. The van der Waals surface area contributed by atoms with Gasteiger partial charge in [0, 0.05) is 37.8 Å². The van der Waals surface area contributed by atoms with Crippen LogP contribution in [0.15, 0.2) is 70.3 Å². The summed E-state index contributed by atoms with van der Waals surface area (Å²) in [6, 6.07) is 14.9. The van der Waals surface area contributed by atoms with Crippen molar-refractivity contribution < 1.29 is 4.42 Å². The smallest absolute Gasteiger partial charge is 0.191 e. The zero-order valence-electron chi connectivity index (χ0n) is 15.9. The molecule has 1 fully saturated rings. The summed E-state index contributed by atoms with van der Waals surface area (Å²) in [6.45, 7) is 9.39. The molecule has 2 N–H and O–H groups in total. The summed E-state index contributed by atoms with van der Waals surface area (Å²) in [4.78, 5) is 7.06. The number of furan rings is 1. The van der Waals surface area contributed by atoms with Crippen LogP contribution in [0.3, 0.4) is 0 Å². The van der Waals surface area contributed by atoms with Crippen LogP contribution in [0.5, 0.6) is 0 Å². The van der Waals surface area contributed by atoms with Crippen LogP contribution in [0.1, 0.15) is 19.1 Å². The maximum Gasteiger partial charge on any atom is 0.191 e. The number of nitrogens with zero attached hydrogens (tertiary/aromatic N) is 2. The fraction of sp³-hybridized carbons (Fsp3) is 0.381. The molecule has 1 atom stereocenters. The van der Waals surface area contributed by atoms with Crippen molar-refractivity contribution >= 4 is 35.6 Å². The standard InChI is InChI=1S/C21H28N4O.HI/c1-17(2)15-23-21(22-12-10-20-9-6-14-26-20)24-18-11-13-25(16-18)19-7-4-3-5-8-19;/h3-9,14,18H,1,10-13,15-16H2,2H3,(H2,22,23,24);1H. The van der Waals surface area contributed by atoms with E-state index in [4.69, 9.17) is 4.42 Å². The van der Waals surface area contributed by atoms with Gasteiger partial charge in [-0.2, -0.15) is 0 Å². The van der Waals surface area contributed by atoms with Gasteiger partial charge in [-0.1, -0.05) is 30.4 Å². The molecule has 1 aromatic heterocycles. The Morgan fingerprint density at radius 1 is 1.26 bits per heavy atom. The highest BCUT2D eigenvalue weighted by Gasteiger charge is 2.23. The molecule has 2 aromatic rings. The first kappa shape index (κ1) is 21.3. The second kappa shape index (κ2) is 11.0. The van der Waals surface area contributed by atoms with Crippen LogP contribution < -0.4 is 15.5 Å². The van der Waals surface area contributed by atoms with Gasteiger partial charge in [0.1, 0.15) is 5.76 Å². The molecule has 5 nitrogen and oxygen atoms in total. The first-order valence-corrected chi connectivity index (χ1v) is 9.22. The molecule has 0 saturated carbocycles. The number of anilines is 1. The van der Waals surface area contributed by atoms with Crippen molar-refractivity contribution in [3.63, 3.8) is 0 Å². The Kier molecular flexibility index (Phi) is 8.71. The van der Waals surface area contributed by atoms with E-state index in [2.05, 4.69) is 57.4 Å². The predicted molar refractivity (Wildman–Crippen MR) is 123 cm³/mol. The van der Waals surface area contributed by atoms with Gasteiger partial charge in [-0.15, -0.1) is 24.0 Å². The van der Waals surface area contributed by atoms with Crippen molar-refractivity contribution in [1.82, 2.24) is 10.6 Å². The number of hydrogen-bond donors (Lipinski definition) is 2. The lowest BCUT2D eigenvalue weighted by molar-refractivity contribution is 0.506. The van der Waals surface area contributed by atoms with Gasteiger partial charge in [-0.3, -0.25) is 0 Å². The molecule has 1 unspecified atom stereocenters. The van der Waals surface area contributed by atoms with E-state index in [1.165, 1.54) is 5.69 Å². The fourth-order valence-electron chi connectivity index (χ4n) is 3.07. The summed E-state index contributed by atoms with van der Waals surface area (Å²) in [5, 5.41) is 6.99. The zero-order chi connectivity index (χ0) is 18.2. The summed E-state index contributed by atoms with van der Waals surface area (Å²) in [5.41, 5.74) is 2.33. The third kappa shape index (κ3) is 6.93. The molecule has 1 saturated heterocycles. The second-order valence-corrected chi connectivity index (χ2v) is 6.79. The molecule has 2 heterocycles. The van der Waals surface area contributed by atoms with Gasteiger partial charge >= 0.3 is 0 Å². The van der Waals surface area contributed by atoms with Gasteiger partial charge in [0.2, 0.25) is 0 Å². The van der Waals surface area contributed by atoms with E-state index in [-0.39, 0.29) is 24.0 Å². The number of hydrogen-bond acceptors (Lipinski definition) is 3. The molecule has 0 aliphatic carbocycles. The number of benzene rings is 1. The number of guanidine groups is 1. The van der Waals surface area contributed by atoms with Gasteiger partial charge in [-0.05, 0) is 37.6 Å². The lowest BCUT2D eigenvalue weighted by Gasteiger charge is -2.20. The van der Waals surface area contributed by atoms with Crippen molar-refractivity contribution in [2.45, 2.75) is 25.8 Å². The average molecular weight is 480 g/mol. The molecular weight excluding hydrogens is 451 g/mol. The number of nitrogens with one attached hydrogen (secondary N) is 2. The zero-order valence-corrected chi connectivity index (χ0v) is 18.2. The van der Waals surface area contributed by atoms with Crippen LogP contribution >= 0.6 is 24.0 Å². The van der Waals surface area contributed by atoms with Crippen LogP contribution in [0.25, 0.3) is 0 Å². The van der Waals surface area contributed by atoms with Crippen molar-refractivity contribution in [2.24, 2.45) is 4.99 Å². The number of halogens is 1. The third-order valence-electron chi connectivity index (χ3n) is 4.40. The van der Waals surface area contributed by atoms with E-state index in [0.717, 1.165) is 49.8 Å².